The van der Waals surface area contributed by atoms with Gasteiger partial charge in [-0.25, -0.2) is 0 Å². The van der Waals surface area contributed by atoms with Gasteiger partial charge in [-0.2, -0.15) is 0 Å². The summed E-state index contributed by atoms with van der Waals surface area (Å²) in [5, 5.41) is 5.98. The molecule has 8 rings (SSSR count). The summed E-state index contributed by atoms with van der Waals surface area (Å²) in [5.74, 6) is 0. The van der Waals surface area contributed by atoms with Crippen molar-refractivity contribution in [3.8, 4) is 27.9 Å². The zero-order valence-electron chi connectivity index (χ0n) is 23.6. The summed E-state index contributed by atoms with van der Waals surface area (Å²) in [4.78, 5) is 5.12. The molecule has 0 saturated carbocycles. The molecule has 0 amide bonds. The molecule has 3 heteroatoms. The number of aromatic nitrogens is 1. The van der Waals surface area contributed by atoms with Crippen LogP contribution in [0.25, 0.3) is 49.7 Å². The van der Waals surface area contributed by atoms with Crippen LogP contribution in [0.5, 0.6) is 0 Å². The summed E-state index contributed by atoms with van der Waals surface area (Å²) >= 11 is 0. The number of allylic oxidation sites excluding steroid dienone is 1. The SMILES string of the molecule is C1=CC(c2cccc(-c3ccc(-c4ccccc4)cc3)c2)=NC(c2ccc(-n3c4ccccc4c4ccccc43)cc2)N1. The summed E-state index contributed by atoms with van der Waals surface area (Å²) in [6, 6.07) is 53.9. The first-order valence-electron chi connectivity index (χ1n) is 14.7. The lowest BCUT2D eigenvalue weighted by atomic mass is 9.98. The van der Waals surface area contributed by atoms with E-state index in [0.717, 1.165) is 22.5 Å². The van der Waals surface area contributed by atoms with Crippen molar-refractivity contribution >= 4 is 27.5 Å². The Morgan fingerprint density at radius 3 is 1.74 bits per heavy atom. The summed E-state index contributed by atoms with van der Waals surface area (Å²) in [6.45, 7) is 0. The molecule has 1 aromatic heterocycles. The van der Waals surface area contributed by atoms with Gasteiger partial charge < -0.3 is 9.88 Å². The van der Waals surface area contributed by atoms with Gasteiger partial charge in [0.05, 0.1) is 16.7 Å². The van der Waals surface area contributed by atoms with Crippen molar-refractivity contribution in [2.75, 3.05) is 0 Å². The van der Waals surface area contributed by atoms with Crippen LogP contribution in [0.3, 0.4) is 0 Å². The molecule has 3 nitrogen and oxygen atoms in total. The zero-order valence-corrected chi connectivity index (χ0v) is 23.6. The number of fused-ring (bicyclic) bond motifs is 3. The Kier molecular flexibility index (Phi) is 6.20. The van der Waals surface area contributed by atoms with Crippen LogP contribution in [0.1, 0.15) is 17.3 Å². The van der Waals surface area contributed by atoms with Gasteiger partial charge in [0, 0.05) is 28.2 Å². The fourth-order valence-corrected chi connectivity index (χ4v) is 6.13. The number of para-hydroxylation sites is 2. The van der Waals surface area contributed by atoms with Crippen LogP contribution in [-0.4, -0.2) is 10.3 Å². The van der Waals surface area contributed by atoms with Gasteiger partial charge in [0.25, 0.3) is 0 Å². The molecule has 0 bridgehead atoms. The van der Waals surface area contributed by atoms with Crippen LogP contribution < -0.4 is 5.32 Å². The molecule has 0 aliphatic carbocycles. The maximum absolute atomic E-state index is 5.12. The molecule has 43 heavy (non-hydrogen) atoms. The molecule has 1 aliphatic rings. The number of rotatable bonds is 5. The molecule has 1 N–H and O–H groups in total. The Labute approximate surface area is 251 Å². The number of hydrogen-bond donors (Lipinski definition) is 1. The molecule has 0 radical (unpaired) electrons. The van der Waals surface area contributed by atoms with E-state index in [-0.39, 0.29) is 6.17 Å². The van der Waals surface area contributed by atoms with E-state index < -0.39 is 0 Å². The highest BCUT2D eigenvalue weighted by atomic mass is 15.1. The topological polar surface area (TPSA) is 29.3 Å². The van der Waals surface area contributed by atoms with Gasteiger partial charge in [-0.1, -0.05) is 121 Å². The lowest BCUT2D eigenvalue weighted by molar-refractivity contribution is 0.650. The summed E-state index contributed by atoms with van der Waals surface area (Å²) in [7, 11) is 0. The van der Waals surface area contributed by atoms with Crippen LogP contribution in [0.4, 0.5) is 0 Å². The number of nitrogens with zero attached hydrogens (tertiary/aromatic N) is 2. The highest BCUT2D eigenvalue weighted by molar-refractivity contribution is 6.10. The lowest BCUT2D eigenvalue weighted by Crippen LogP contribution is -2.20. The van der Waals surface area contributed by atoms with E-state index in [9.17, 15) is 0 Å². The van der Waals surface area contributed by atoms with E-state index >= 15 is 0 Å². The number of hydrogen-bond acceptors (Lipinski definition) is 2. The predicted molar refractivity (Wildman–Crippen MR) is 180 cm³/mol. The molecule has 2 heterocycles. The monoisotopic (exact) mass is 551 g/mol. The van der Waals surface area contributed by atoms with Gasteiger partial charge in [-0.3, -0.25) is 4.99 Å². The smallest absolute Gasteiger partial charge is 0.145 e. The van der Waals surface area contributed by atoms with E-state index in [1.165, 1.54) is 44.1 Å². The Morgan fingerprint density at radius 1 is 0.488 bits per heavy atom. The molecule has 7 aromatic rings. The molecule has 0 fully saturated rings. The first-order valence-corrected chi connectivity index (χ1v) is 14.7. The second-order valence-electron chi connectivity index (χ2n) is 10.9. The third kappa shape index (κ3) is 4.61. The highest BCUT2D eigenvalue weighted by Crippen LogP contribution is 2.32. The molecular formula is C40H29N3. The normalized spacial score (nSPS) is 14.5. The van der Waals surface area contributed by atoms with Crippen molar-refractivity contribution in [3.05, 3.63) is 175 Å². The van der Waals surface area contributed by atoms with E-state index in [2.05, 4.69) is 162 Å². The minimum Gasteiger partial charge on any atom is -0.366 e. The average molecular weight is 552 g/mol. The number of nitrogens with one attached hydrogen (secondary N) is 1. The maximum atomic E-state index is 5.12. The molecular weight excluding hydrogens is 522 g/mol. The molecule has 0 spiro atoms. The third-order valence-corrected chi connectivity index (χ3v) is 8.29. The zero-order chi connectivity index (χ0) is 28.6. The molecule has 1 aliphatic heterocycles. The fraction of sp³-hybridized carbons (Fsp3) is 0.0250. The molecule has 0 saturated heterocycles. The van der Waals surface area contributed by atoms with Crippen molar-refractivity contribution in [1.29, 1.82) is 0 Å². The van der Waals surface area contributed by atoms with Gasteiger partial charge in [0.1, 0.15) is 6.17 Å². The van der Waals surface area contributed by atoms with Crippen LogP contribution in [0.2, 0.25) is 0 Å². The van der Waals surface area contributed by atoms with Gasteiger partial charge in [-0.05, 0) is 64.2 Å². The van der Waals surface area contributed by atoms with Gasteiger partial charge in [0.2, 0.25) is 0 Å². The minimum atomic E-state index is -0.152. The second kappa shape index (κ2) is 10.6. The third-order valence-electron chi connectivity index (χ3n) is 8.29. The predicted octanol–water partition coefficient (Wildman–Crippen LogP) is 9.72. The van der Waals surface area contributed by atoms with Gasteiger partial charge in [-0.15, -0.1) is 0 Å². The van der Waals surface area contributed by atoms with E-state index in [1.54, 1.807) is 0 Å². The Morgan fingerprint density at radius 2 is 1.05 bits per heavy atom. The summed E-state index contributed by atoms with van der Waals surface area (Å²) < 4.78 is 2.34. The average Bonchev–Trinajstić information content (AvgIpc) is 3.43. The number of benzene rings is 6. The van der Waals surface area contributed by atoms with Gasteiger partial charge in [0.15, 0.2) is 0 Å². The largest absolute Gasteiger partial charge is 0.366 e. The van der Waals surface area contributed by atoms with Crippen LogP contribution >= 0.6 is 0 Å². The first-order chi connectivity index (χ1) is 21.3. The minimum absolute atomic E-state index is 0.152. The molecule has 1 atom stereocenters. The fourth-order valence-electron chi connectivity index (χ4n) is 6.13. The van der Waals surface area contributed by atoms with Crippen LogP contribution in [0.15, 0.2) is 169 Å². The molecule has 204 valence electrons. The quantitative estimate of drug-likeness (QED) is 0.227. The van der Waals surface area contributed by atoms with Crippen molar-refractivity contribution in [2.24, 2.45) is 4.99 Å². The Hall–Kier alpha value is -5.67. The van der Waals surface area contributed by atoms with E-state index in [4.69, 9.17) is 4.99 Å². The lowest BCUT2D eigenvalue weighted by Gasteiger charge is -2.20. The number of aliphatic imine (C=N–C) groups is 1. The van der Waals surface area contributed by atoms with E-state index in [1.807, 2.05) is 12.3 Å². The van der Waals surface area contributed by atoms with Crippen molar-refractivity contribution in [3.63, 3.8) is 0 Å². The highest BCUT2D eigenvalue weighted by Gasteiger charge is 2.16. The summed E-state index contributed by atoms with van der Waals surface area (Å²) in [5.41, 5.74) is 11.6. The standard InChI is InChI=1S/C40H29N3/c1-2-9-28(10-3-1)29-17-19-30(20-18-29)32-11-8-12-33(27-32)37-25-26-41-40(42-37)31-21-23-34(24-22-31)43-38-15-6-4-13-35(38)36-14-5-7-16-39(36)43/h1-27,40-41H. The Balaban J connectivity index is 1.08. The van der Waals surface area contributed by atoms with E-state index in [0.29, 0.717) is 0 Å². The van der Waals surface area contributed by atoms with Crippen LogP contribution in [0, 0.1) is 0 Å². The summed E-state index contributed by atoms with van der Waals surface area (Å²) in [6.07, 6.45) is 3.91. The first kappa shape index (κ1) is 25.1. The van der Waals surface area contributed by atoms with Crippen molar-refractivity contribution in [2.45, 2.75) is 6.17 Å². The second-order valence-corrected chi connectivity index (χ2v) is 10.9. The van der Waals surface area contributed by atoms with Crippen molar-refractivity contribution < 1.29 is 0 Å². The van der Waals surface area contributed by atoms with Crippen molar-refractivity contribution in [1.82, 2.24) is 9.88 Å². The van der Waals surface area contributed by atoms with Crippen LogP contribution in [-0.2, 0) is 0 Å². The molecule has 1 unspecified atom stereocenters. The Bertz CT molecular complexity index is 2080. The van der Waals surface area contributed by atoms with Gasteiger partial charge >= 0.3 is 0 Å². The molecule has 6 aromatic carbocycles. The maximum Gasteiger partial charge on any atom is 0.145 e.